The molecule has 0 spiro atoms. The van der Waals surface area contributed by atoms with Gasteiger partial charge in [0.1, 0.15) is 24.4 Å². The Hall–Kier alpha value is -3.45. The van der Waals surface area contributed by atoms with E-state index in [2.05, 4.69) is 16.0 Å². The minimum atomic E-state index is -0.979. The summed E-state index contributed by atoms with van der Waals surface area (Å²) >= 11 is 1.79. The van der Waals surface area contributed by atoms with Gasteiger partial charge in [0, 0.05) is 5.75 Å². The van der Waals surface area contributed by atoms with Crippen LogP contribution in [0.15, 0.2) is 48.5 Å². The summed E-state index contributed by atoms with van der Waals surface area (Å²) in [6.45, 7) is 1.56. The molecule has 0 saturated carbocycles. The zero-order chi connectivity index (χ0) is 29.5. The summed E-state index contributed by atoms with van der Waals surface area (Å²) in [5, 5.41) is 17.1. The first-order valence-corrected chi connectivity index (χ1v) is 14.2. The maximum absolute atomic E-state index is 12.6. The highest BCUT2D eigenvalue weighted by Gasteiger charge is 2.24. The number of carbonyl (C=O) groups is 4. The van der Waals surface area contributed by atoms with Crippen molar-refractivity contribution in [3.05, 3.63) is 65.2 Å². The quantitative estimate of drug-likeness (QED) is 0.0931. The smallest absolute Gasteiger partial charge is 0.333 e. The number of benzene rings is 2. The van der Waals surface area contributed by atoms with Crippen molar-refractivity contribution in [2.24, 2.45) is 11.5 Å². The third kappa shape index (κ3) is 11.7. The fraction of sp³-hybridized carbons (Fsp3) is 0.429. The molecule has 3 atom stereocenters. The van der Waals surface area contributed by atoms with Crippen LogP contribution in [0.2, 0.25) is 0 Å². The number of carbonyl (C=O) groups excluding carboxylic acids is 4. The van der Waals surface area contributed by atoms with Gasteiger partial charge >= 0.3 is 11.9 Å². The fourth-order valence-electron chi connectivity index (χ4n) is 3.66. The van der Waals surface area contributed by atoms with Crippen LogP contribution in [0.1, 0.15) is 30.0 Å². The average molecular weight is 574 g/mol. The maximum atomic E-state index is 12.6. The SMILES string of the molecule is CN[C@@H](Cc1cccc(CSCCCN)c1)C(=O)OC(=O)CNC(=O)[C@@H](C)NC(=O)[C@@H](N)Cc1ccc(O)cc1. The van der Waals surface area contributed by atoms with E-state index in [4.69, 9.17) is 16.2 Å². The summed E-state index contributed by atoms with van der Waals surface area (Å²) in [5.74, 6) is -0.959. The Morgan fingerprint density at radius 3 is 2.38 bits per heavy atom. The molecule has 0 aliphatic carbocycles. The number of hydrogen-bond donors (Lipinski definition) is 6. The molecule has 0 aliphatic rings. The van der Waals surface area contributed by atoms with Crippen LogP contribution >= 0.6 is 11.8 Å². The zero-order valence-corrected chi connectivity index (χ0v) is 23.7. The molecule has 2 amide bonds. The maximum Gasteiger partial charge on any atom is 0.333 e. The van der Waals surface area contributed by atoms with Gasteiger partial charge in [-0.2, -0.15) is 11.8 Å². The second-order valence-electron chi connectivity index (χ2n) is 9.28. The topological polar surface area (TPSA) is 186 Å². The van der Waals surface area contributed by atoms with E-state index >= 15 is 0 Å². The summed E-state index contributed by atoms with van der Waals surface area (Å²) < 4.78 is 4.93. The van der Waals surface area contributed by atoms with E-state index in [9.17, 15) is 24.3 Å². The van der Waals surface area contributed by atoms with Crippen LogP contribution in [0, 0.1) is 0 Å². The highest BCUT2D eigenvalue weighted by atomic mass is 32.2. The number of ether oxygens (including phenoxy) is 1. The first-order chi connectivity index (χ1) is 19.1. The number of aromatic hydroxyl groups is 1. The van der Waals surface area contributed by atoms with Gasteiger partial charge in [-0.3, -0.25) is 9.59 Å². The molecule has 0 aromatic heterocycles. The molecule has 12 heteroatoms. The number of esters is 2. The molecule has 2 rings (SSSR count). The molecule has 0 fully saturated rings. The average Bonchev–Trinajstić information content (AvgIpc) is 2.94. The number of nitrogens with one attached hydrogen (secondary N) is 3. The van der Waals surface area contributed by atoms with Crippen molar-refractivity contribution >= 4 is 35.5 Å². The fourth-order valence-corrected chi connectivity index (χ4v) is 4.59. The summed E-state index contributed by atoms with van der Waals surface area (Å²) in [6.07, 6.45) is 1.49. The van der Waals surface area contributed by atoms with Gasteiger partial charge in [-0.15, -0.1) is 0 Å². The van der Waals surface area contributed by atoms with E-state index in [-0.39, 0.29) is 12.2 Å². The number of likely N-dealkylation sites (N-methyl/N-ethyl adjacent to an activating group) is 1. The highest BCUT2D eigenvalue weighted by Crippen LogP contribution is 2.16. The van der Waals surface area contributed by atoms with Crippen molar-refractivity contribution in [1.82, 2.24) is 16.0 Å². The van der Waals surface area contributed by atoms with Crippen LogP contribution in [0.3, 0.4) is 0 Å². The van der Waals surface area contributed by atoms with Gasteiger partial charge in [-0.25, -0.2) is 9.59 Å². The molecule has 40 heavy (non-hydrogen) atoms. The Labute approximate surface area is 238 Å². The lowest BCUT2D eigenvalue weighted by atomic mass is 10.0. The Kier molecular flexibility index (Phi) is 14.2. The van der Waals surface area contributed by atoms with Gasteiger partial charge in [0.25, 0.3) is 0 Å². The number of nitrogens with two attached hydrogens (primary N) is 2. The predicted octanol–water partition coefficient (Wildman–Crippen LogP) is 0.365. The lowest BCUT2D eigenvalue weighted by molar-refractivity contribution is -0.161. The number of thioether (sulfide) groups is 1. The predicted molar refractivity (Wildman–Crippen MR) is 154 cm³/mol. The molecule has 0 radical (unpaired) electrons. The number of amides is 2. The minimum absolute atomic E-state index is 0.100. The van der Waals surface area contributed by atoms with E-state index in [1.165, 1.54) is 19.1 Å². The number of rotatable bonds is 16. The lowest BCUT2D eigenvalue weighted by Gasteiger charge is -2.18. The molecule has 0 aliphatic heterocycles. The number of phenolic OH excluding ortho intramolecular Hbond substituents is 1. The molecule has 8 N–H and O–H groups in total. The second kappa shape index (κ2) is 17.3. The van der Waals surface area contributed by atoms with E-state index in [0.29, 0.717) is 13.0 Å². The van der Waals surface area contributed by atoms with Crippen LogP contribution < -0.4 is 27.4 Å². The van der Waals surface area contributed by atoms with Crippen LogP contribution in [0.5, 0.6) is 5.75 Å². The Morgan fingerprint density at radius 2 is 1.70 bits per heavy atom. The molecule has 0 saturated heterocycles. The zero-order valence-electron chi connectivity index (χ0n) is 22.9. The van der Waals surface area contributed by atoms with Crippen molar-refractivity contribution in [3.8, 4) is 5.75 Å². The van der Waals surface area contributed by atoms with Crippen molar-refractivity contribution < 1.29 is 29.0 Å². The Balaban J connectivity index is 1.77. The molecule has 2 aromatic rings. The highest BCUT2D eigenvalue weighted by molar-refractivity contribution is 7.98. The lowest BCUT2D eigenvalue weighted by Crippen LogP contribution is -2.51. The van der Waals surface area contributed by atoms with Crippen LogP contribution in [-0.4, -0.2) is 72.9 Å². The molecule has 0 bridgehead atoms. The Bertz CT molecular complexity index is 1130. The third-order valence-electron chi connectivity index (χ3n) is 5.93. The molecule has 0 unspecified atom stereocenters. The third-order valence-corrected chi connectivity index (χ3v) is 7.04. The molecular weight excluding hydrogens is 534 g/mol. The van der Waals surface area contributed by atoms with E-state index < -0.39 is 48.4 Å². The van der Waals surface area contributed by atoms with Gasteiger partial charge in [-0.1, -0.05) is 36.4 Å². The standard InChI is InChI=1S/C28H39N5O6S/c1-18(33-27(37)23(30)14-19-7-9-22(34)10-8-19)26(36)32-16-25(35)39-28(38)24(31-2)15-20-5-3-6-21(13-20)17-40-12-4-11-29/h3,5-10,13,18,23-24,31,34H,4,11-12,14-17,29-30H2,1-2H3,(H,32,36)(H,33,37)/t18-,23+,24+/m1/s1. The van der Waals surface area contributed by atoms with Gasteiger partial charge in [0.05, 0.1) is 6.04 Å². The number of hydrogen-bond acceptors (Lipinski definition) is 10. The Morgan fingerprint density at radius 1 is 1.00 bits per heavy atom. The second-order valence-corrected chi connectivity index (χ2v) is 10.4. The summed E-state index contributed by atoms with van der Waals surface area (Å²) in [6, 6.07) is 11.5. The van der Waals surface area contributed by atoms with Crippen molar-refractivity contribution in [2.45, 2.75) is 50.1 Å². The van der Waals surface area contributed by atoms with Gasteiger partial charge in [-0.05, 0) is 74.4 Å². The van der Waals surface area contributed by atoms with Crippen molar-refractivity contribution in [3.63, 3.8) is 0 Å². The molecule has 2 aromatic carbocycles. The van der Waals surface area contributed by atoms with Gasteiger partial charge in [0.2, 0.25) is 11.8 Å². The number of phenols is 1. The summed E-state index contributed by atoms with van der Waals surface area (Å²) in [4.78, 5) is 49.5. The van der Waals surface area contributed by atoms with E-state index in [1.54, 1.807) is 30.9 Å². The summed E-state index contributed by atoms with van der Waals surface area (Å²) in [7, 11) is 1.60. The normalized spacial score (nSPS) is 13.1. The molecule has 218 valence electrons. The first-order valence-electron chi connectivity index (χ1n) is 13.0. The van der Waals surface area contributed by atoms with Gasteiger partial charge < -0.3 is 37.3 Å². The van der Waals surface area contributed by atoms with Crippen molar-refractivity contribution in [1.29, 1.82) is 0 Å². The largest absolute Gasteiger partial charge is 0.508 e. The van der Waals surface area contributed by atoms with E-state index in [1.807, 2.05) is 24.3 Å². The van der Waals surface area contributed by atoms with Crippen LogP contribution in [-0.2, 0) is 42.5 Å². The molecule has 11 nitrogen and oxygen atoms in total. The summed E-state index contributed by atoms with van der Waals surface area (Å²) in [5.41, 5.74) is 14.2. The monoisotopic (exact) mass is 573 g/mol. The molecular formula is C28H39N5O6S. The minimum Gasteiger partial charge on any atom is -0.508 e. The van der Waals surface area contributed by atoms with Gasteiger partial charge in [0.15, 0.2) is 0 Å². The molecule has 0 heterocycles. The van der Waals surface area contributed by atoms with Crippen LogP contribution in [0.4, 0.5) is 0 Å². The first kappa shape index (κ1) is 32.8. The van der Waals surface area contributed by atoms with E-state index in [0.717, 1.165) is 34.6 Å². The van der Waals surface area contributed by atoms with Crippen molar-refractivity contribution in [2.75, 3.05) is 25.9 Å². The van der Waals surface area contributed by atoms with Crippen LogP contribution in [0.25, 0.3) is 0 Å².